The summed E-state index contributed by atoms with van der Waals surface area (Å²) in [6, 6.07) is 16.5. The largest absolute Gasteiger partial charge is 0.520 e. The second-order valence-electron chi connectivity index (χ2n) is 4.41. The molecule has 0 aromatic heterocycles. The van der Waals surface area contributed by atoms with Gasteiger partial charge in [0.05, 0.1) is 0 Å². The number of hydrogen-bond acceptors (Lipinski definition) is 2. The molecule has 0 aliphatic heterocycles. The summed E-state index contributed by atoms with van der Waals surface area (Å²) in [4.78, 5) is 21.3. The molecule has 2 aromatic rings. The van der Waals surface area contributed by atoms with Crippen molar-refractivity contribution in [2.24, 2.45) is 0 Å². The molecule has 2 N–H and O–H groups in total. The summed E-state index contributed by atoms with van der Waals surface area (Å²) in [7, 11) is 0. The molecule has 0 fully saturated rings. The van der Waals surface area contributed by atoms with Crippen LogP contribution in [0.5, 0.6) is 0 Å². The van der Waals surface area contributed by atoms with Crippen molar-refractivity contribution in [3.8, 4) is 11.1 Å². The molecular weight excluding hydrogens is 511 g/mol. The summed E-state index contributed by atoms with van der Waals surface area (Å²) in [6.45, 7) is 0. The van der Waals surface area contributed by atoms with Crippen LogP contribution in [0.2, 0.25) is 0 Å². The molecule has 1 unspecified atom stereocenters. The number of carboxylic acid groups (broad SMARTS) is 1. The Morgan fingerprint density at radius 1 is 1.10 bits per heavy atom. The van der Waals surface area contributed by atoms with Crippen LogP contribution in [0.4, 0.5) is 0 Å². The van der Waals surface area contributed by atoms with Crippen molar-refractivity contribution in [2.75, 3.05) is 0 Å². The number of rotatable bonds is 6. The van der Waals surface area contributed by atoms with Gasteiger partial charge in [0, 0.05) is 6.42 Å². The van der Waals surface area contributed by atoms with Crippen molar-refractivity contribution < 1.29 is 14.7 Å². The van der Waals surface area contributed by atoms with Gasteiger partial charge in [-0.15, -0.1) is 0 Å². The van der Waals surface area contributed by atoms with Gasteiger partial charge in [-0.3, -0.25) is 4.79 Å². The van der Waals surface area contributed by atoms with E-state index < -0.39 is 12.0 Å². The van der Waals surface area contributed by atoms with Crippen LogP contribution in [0.15, 0.2) is 54.6 Å². The van der Waals surface area contributed by atoms with E-state index in [4.69, 9.17) is 5.11 Å². The summed E-state index contributed by atoms with van der Waals surface area (Å²) < 4.78 is 0. The van der Waals surface area contributed by atoms with Crippen molar-refractivity contribution in [2.45, 2.75) is 12.5 Å². The monoisotopic (exact) mass is 525 g/mol. The van der Waals surface area contributed by atoms with E-state index in [-0.39, 0.29) is 6.42 Å². The quantitative estimate of drug-likeness (QED) is 0.448. The molecule has 2 rings (SSSR count). The molecule has 0 heterocycles. The second kappa shape index (κ2) is 7.09. The molecule has 0 spiro atoms. The van der Waals surface area contributed by atoms with Gasteiger partial charge in [-0.2, -0.15) is 6.41 Å². The Hall–Kier alpha value is -3.62. The van der Waals surface area contributed by atoms with Crippen molar-refractivity contribution >= 4 is 12.4 Å². The third kappa shape index (κ3) is 3.92. The predicted octanol–water partition coefficient (Wildman–Crippen LogP) is 2.01. The number of aliphatic carboxylic acids is 1. The Labute approximate surface area is 117 Å². The van der Waals surface area contributed by atoms with Crippen LogP contribution < -0.4 is 5.32 Å². The number of carboxylic acids is 1. The Morgan fingerprint density at radius 2 is 1.76 bits per heavy atom. The average molecular weight is 525 g/mol. The molecule has 5 heteroatoms. The number of benzene rings is 2. The van der Waals surface area contributed by atoms with E-state index in [0.29, 0.717) is 0 Å². The van der Waals surface area contributed by atoms with E-state index >= 15 is 0 Å². The van der Waals surface area contributed by atoms with Crippen molar-refractivity contribution in [3.63, 3.8) is 0 Å². The standard InChI is InChI=1S/C16H14NO3.Fm/c18-11-17-15(16(19)20)10-12-5-4-8-14(9-12)13-6-2-1-3-7-13;/h1-9,15H,10H2,(H,17,18)(H,19,20);/q-1;. The number of carbonyl (C=O) groups excluding carboxylic acids is 1. The Bertz CT molecular complexity index is 601. The maximum atomic E-state index is 11.0. The maximum absolute atomic E-state index is 11.0. The zero-order valence-electron chi connectivity index (χ0n) is 11.0. The van der Waals surface area contributed by atoms with Crippen LogP contribution in [0.3, 0.4) is 0 Å². The van der Waals surface area contributed by atoms with Crippen LogP contribution in [-0.2, 0) is 16.0 Å². The first-order valence-corrected chi connectivity index (χ1v) is 6.20. The number of amides is 1. The normalized spacial score (nSPS) is 11.0. The first kappa shape index (κ1) is 15.4. The van der Waals surface area contributed by atoms with Crippen LogP contribution >= 0.6 is 0 Å². The summed E-state index contributed by atoms with van der Waals surface area (Å²) >= 11 is 0. The first-order valence-electron chi connectivity index (χ1n) is 6.20. The molecule has 0 bridgehead atoms. The molecule has 4 nitrogen and oxygen atoms in total. The van der Waals surface area contributed by atoms with Crippen molar-refractivity contribution in [1.82, 2.24) is 5.32 Å². The van der Waals surface area contributed by atoms with Gasteiger partial charge in [0.25, 0.3) is 0 Å². The van der Waals surface area contributed by atoms with Crippen LogP contribution in [0, 0.1) is 0 Å². The van der Waals surface area contributed by atoms with Gasteiger partial charge < -0.3 is 15.2 Å². The molecule has 1 atom stereocenters. The molecule has 0 saturated carbocycles. The van der Waals surface area contributed by atoms with Crippen molar-refractivity contribution in [1.29, 1.82) is 0 Å². The maximum Gasteiger partial charge on any atom is 0.323 e. The number of hydrogen-bond donors (Lipinski definition) is 2. The molecule has 1 amide bonds. The third-order valence-electron chi connectivity index (χ3n) is 3.01. The molecule has 2 aromatic carbocycles. The summed E-state index contributed by atoms with van der Waals surface area (Å²) in [5.74, 6) is -1.07. The molecular formula is C16H14FmNO3-. The third-order valence-corrected chi connectivity index (χ3v) is 3.01. The van der Waals surface area contributed by atoms with E-state index in [9.17, 15) is 9.59 Å². The summed E-state index contributed by atoms with van der Waals surface area (Å²) in [5.41, 5.74) is 2.93. The first-order chi connectivity index (χ1) is 9.70. The Balaban J connectivity index is 0.00000220. The Kier molecular flexibility index (Phi) is 5.21. The molecule has 114 valence electrons. The van der Waals surface area contributed by atoms with E-state index in [1.54, 1.807) is 0 Å². The molecule has 0 aliphatic rings. The smallest absolute Gasteiger partial charge is 0.323 e. The minimum Gasteiger partial charge on any atom is -0.520 e. The fraction of sp³-hybridized carbons (Fsp3) is 0.125. The number of carbonyl (C=O) groups is 1. The predicted molar refractivity (Wildman–Crippen MR) is 75.8 cm³/mol. The van der Waals surface area contributed by atoms with Crippen LogP contribution in [-0.4, -0.2) is 23.5 Å². The zero-order valence-corrected chi connectivity index (χ0v) is 13.4. The topological polar surface area (TPSA) is 66.4 Å². The van der Waals surface area contributed by atoms with Gasteiger partial charge in [0.2, 0.25) is 0 Å². The Morgan fingerprint density at radius 3 is 2.38 bits per heavy atom. The number of nitrogens with one attached hydrogen (secondary N) is 1. The minimum atomic E-state index is -1.07. The zero-order chi connectivity index (χ0) is 14.4. The fourth-order valence-corrected chi connectivity index (χ4v) is 2.02. The summed E-state index contributed by atoms with van der Waals surface area (Å²) in [6.07, 6.45) is 1.66. The van der Waals surface area contributed by atoms with Gasteiger partial charge in [0.15, 0.2) is 0 Å². The van der Waals surface area contributed by atoms with Crippen molar-refractivity contribution in [3.05, 3.63) is 60.2 Å². The molecule has 0 radical (unpaired) electrons. The average Bonchev–Trinajstić information content (AvgIpc) is 2.48. The van der Waals surface area contributed by atoms with E-state index in [1.165, 1.54) is 6.41 Å². The van der Waals surface area contributed by atoms with E-state index in [1.807, 2.05) is 54.6 Å². The van der Waals surface area contributed by atoms with E-state index in [2.05, 4.69) is 5.32 Å². The molecule has 0 saturated heterocycles. The van der Waals surface area contributed by atoms with Gasteiger partial charge in [-0.1, -0.05) is 54.6 Å². The van der Waals surface area contributed by atoms with Crippen LogP contribution in [0.25, 0.3) is 11.1 Å². The minimum absolute atomic E-state index is 0. The molecule has 21 heavy (non-hydrogen) atoms. The second-order valence-corrected chi connectivity index (χ2v) is 4.41. The van der Waals surface area contributed by atoms with Crippen LogP contribution in [0.1, 0.15) is 5.56 Å². The van der Waals surface area contributed by atoms with Gasteiger partial charge in [0.1, 0.15) is 6.04 Å². The fourth-order valence-electron chi connectivity index (χ4n) is 2.02. The van der Waals surface area contributed by atoms with Gasteiger partial charge in [-0.05, 0) is 16.7 Å². The van der Waals surface area contributed by atoms with Gasteiger partial charge >= 0.3 is 5.97 Å². The molecule has 0 aliphatic carbocycles. The van der Waals surface area contributed by atoms with E-state index in [0.717, 1.165) is 16.7 Å². The van der Waals surface area contributed by atoms with Gasteiger partial charge in [-0.25, -0.2) is 0 Å². The SMILES string of the molecule is O=[C-]NC(Cc1cccc(-c2ccccc2)c1)C(=O)O.[Fm]. The summed E-state index contributed by atoms with van der Waals surface area (Å²) in [5, 5.41) is 11.2.